The van der Waals surface area contributed by atoms with Gasteiger partial charge in [0.25, 0.3) is 0 Å². The van der Waals surface area contributed by atoms with Gasteiger partial charge in [0.05, 0.1) is 18.9 Å². The van der Waals surface area contributed by atoms with Crippen LogP contribution in [0.4, 0.5) is 0 Å². The number of ether oxygens (including phenoxy) is 2. The van der Waals surface area contributed by atoms with Crippen LogP contribution in [0.2, 0.25) is 0 Å². The summed E-state index contributed by atoms with van der Waals surface area (Å²) in [5.74, 6) is -0.852. The number of carboxylic acid groups (broad SMARTS) is 1. The second-order valence-corrected chi connectivity index (χ2v) is 6.23. The van der Waals surface area contributed by atoms with Crippen LogP contribution in [0.25, 0.3) is 0 Å². The maximum atomic E-state index is 12.5. The first kappa shape index (κ1) is 17.8. The highest BCUT2D eigenvalue weighted by Crippen LogP contribution is 2.30. The van der Waals surface area contributed by atoms with Crippen molar-refractivity contribution in [2.45, 2.75) is 12.3 Å². The highest BCUT2D eigenvalue weighted by atomic mass is 16.5. The Kier molecular flexibility index (Phi) is 5.41. The average Bonchev–Trinajstić information content (AvgIpc) is 2.67. The van der Waals surface area contributed by atoms with Crippen molar-refractivity contribution in [2.24, 2.45) is 5.92 Å². The molecule has 0 fully saturated rings. The van der Waals surface area contributed by atoms with Gasteiger partial charge in [-0.25, -0.2) is 0 Å². The molecular weight excluding hydrogens is 334 g/mol. The fourth-order valence-electron chi connectivity index (χ4n) is 3.05. The number of fused-ring (bicyclic) bond motifs is 1. The van der Waals surface area contributed by atoms with Gasteiger partial charge in [-0.05, 0) is 35.7 Å². The van der Waals surface area contributed by atoms with Crippen LogP contribution >= 0.6 is 0 Å². The van der Waals surface area contributed by atoms with Gasteiger partial charge < -0.3 is 19.9 Å². The topological polar surface area (TPSA) is 84.9 Å². The number of carbonyl (C=O) groups is 2. The van der Waals surface area contributed by atoms with E-state index < -0.39 is 11.9 Å². The lowest BCUT2D eigenvalue weighted by Gasteiger charge is -2.25. The van der Waals surface area contributed by atoms with Gasteiger partial charge in [0.1, 0.15) is 18.1 Å². The normalized spacial score (nSPS) is 16.7. The maximum Gasteiger partial charge on any atom is 0.312 e. The summed E-state index contributed by atoms with van der Waals surface area (Å²) in [6.45, 7) is 0.313. The fourth-order valence-corrected chi connectivity index (χ4v) is 3.05. The van der Waals surface area contributed by atoms with E-state index in [2.05, 4.69) is 5.32 Å². The van der Waals surface area contributed by atoms with Crippen LogP contribution in [0.5, 0.6) is 11.5 Å². The predicted octanol–water partition coefficient (Wildman–Crippen LogP) is 2.23. The molecular formula is C20H21NO5. The molecule has 136 valence electrons. The molecule has 1 aliphatic heterocycles. The van der Waals surface area contributed by atoms with Gasteiger partial charge in [-0.1, -0.05) is 30.3 Å². The Hall–Kier alpha value is -3.02. The van der Waals surface area contributed by atoms with E-state index in [0.717, 1.165) is 11.3 Å². The van der Waals surface area contributed by atoms with Gasteiger partial charge in [0.2, 0.25) is 5.91 Å². The Bertz CT molecular complexity index is 790. The first-order chi connectivity index (χ1) is 12.6. The molecule has 2 aromatic rings. The van der Waals surface area contributed by atoms with Crippen LogP contribution in [0.1, 0.15) is 17.0 Å². The number of aliphatic carboxylic acids is 1. The molecule has 3 rings (SSSR count). The first-order valence-corrected chi connectivity index (χ1v) is 8.43. The number of rotatable bonds is 6. The average molecular weight is 355 g/mol. The van der Waals surface area contributed by atoms with Crippen LogP contribution < -0.4 is 14.8 Å². The molecule has 0 aliphatic carbocycles. The monoisotopic (exact) mass is 355 g/mol. The van der Waals surface area contributed by atoms with Gasteiger partial charge in [-0.15, -0.1) is 0 Å². The Balaban J connectivity index is 1.64. The molecule has 2 N–H and O–H groups in total. The van der Waals surface area contributed by atoms with E-state index in [1.165, 1.54) is 0 Å². The lowest BCUT2D eigenvalue weighted by Crippen LogP contribution is -2.40. The lowest BCUT2D eigenvalue weighted by atomic mass is 9.95. The molecule has 0 spiro atoms. The molecule has 0 saturated carbocycles. The van der Waals surface area contributed by atoms with Crippen molar-refractivity contribution in [2.75, 3.05) is 20.3 Å². The van der Waals surface area contributed by atoms with Crippen LogP contribution in [-0.2, 0) is 16.0 Å². The third-order valence-corrected chi connectivity index (χ3v) is 4.53. The van der Waals surface area contributed by atoms with Gasteiger partial charge >= 0.3 is 5.97 Å². The number of carboxylic acids is 1. The molecule has 0 radical (unpaired) electrons. The number of hydrogen-bond acceptors (Lipinski definition) is 4. The molecule has 2 unspecified atom stereocenters. The maximum absolute atomic E-state index is 12.5. The van der Waals surface area contributed by atoms with Crippen molar-refractivity contribution < 1.29 is 24.2 Å². The van der Waals surface area contributed by atoms with Crippen LogP contribution in [-0.4, -0.2) is 37.2 Å². The third kappa shape index (κ3) is 3.96. The van der Waals surface area contributed by atoms with E-state index in [1.54, 1.807) is 31.4 Å². The number of carbonyl (C=O) groups excluding carboxylic acids is 1. The van der Waals surface area contributed by atoms with Crippen molar-refractivity contribution in [3.8, 4) is 11.5 Å². The number of amides is 1. The first-order valence-electron chi connectivity index (χ1n) is 8.43. The summed E-state index contributed by atoms with van der Waals surface area (Å²) in [4.78, 5) is 24.0. The summed E-state index contributed by atoms with van der Waals surface area (Å²) in [7, 11) is 1.59. The Morgan fingerprint density at radius 1 is 1.27 bits per heavy atom. The Morgan fingerprint density at radius 3 is 2.73 bits per heavy atom. The Morgan fingerprint density at radius 2 is 2.04 bits per heavy atom. The molecule has 1 aliphatic rings. The van der Waals surface area contributed by atoms with Crippen molar-refractivity contribution in [3.63, 3.8) is 0 Å². The standard InChI is InChI=1S/C20H21NO5/c1-25-16-7-8-18-14(10-16)9-15(12-26-18)19(22)21-11-17(20(23)24)13-5-3-2-4-6-13/h2-8,10,15,17H,9,11-12H2,1H3,(H,21,22)(H,23,24). The summed E-state index contributed by atoms with van der Waals surface area (Å²) in [5, 5.41) is 12.2. The zero-order chi connectivity index (χ0) is 18.5. The second kappa shape index (κ2) is 7.91. The minimum atomic E-state index is -0.966. The van der Waals surface area contributed by atoms with Crippen molar-refractivity contribution in [1.82, 2.24) is 5.32 Å². The predicted molar refractivity (Wildman–Crippen MR) is 95.5 cm³/mol. The number of methoxy groups -OCH3 is 1. The van der Waals surface area contributed by atoms with Gasteiger partial charge in [-0.3, -0.25) is 9.59 Å². The van der Waals surface area contributed by atoms with E-state index in [4.69, 9.17) is 9.47 Å². The van der Waals surface area contributed by atoms with Crippen molar-refractivity contribution in [1.29, 1.82) is 0 Å². The van der Waals surface area contributed by atoms with E-state index in [9.17, 15) is 14.7 Å². The van der Waals surface area contributed by atoms with E-state index in [1.807, 2.05) is 24.3 Å². The minimum Gasteiger partial charge on any atom is -0.497 e. The largest absolute Gasteiger partial charge is 0.497 e. The zero-order valence-electron chi connectivity index (χ0n) is 14.5. The second-order valence-electron chi connectivity index (χ2n) is 6.23. The number of benzene rings is 2. The highest BCUT2D eigenvalue weighted by Gasteiger charge is 2.28. The molecule has 26 heavy (non-hydrogen) atoms. The molecule has 0 aromatic heterocycles. The van der Waals surface area contributed by atoms with Crippen LogP contribution in [0, 0.1) is 5.92 Å². The summed E-state index contributed by atoms with van der Waals surface area (Å²) >= 11 is 0. The molecule has 6 nitrogen and oxygen atoms in total. The Labute approximate surface area is 151 Å². The van der Waals surface area contributed by atoms with E-state index in [-0.39, 0.29) is 25.0 Å². The van der Waals surface area contributed by atoms with Crippen LogP contribution in [0.15, 0.2) is 48.5 Å². The smallest absolute Gasteiger partial charge is 0.312 e. The van der Waals surface area contributed by atoms with Gasteiger partial charge in [-0.2, -0.15) is 0 Å². The van der Waals surface area contributed by atoms with Crippen molar-refractivity contribution >= 4 is 11.9 Å². The third-order valence-electron chi connectivity index (χ3n) is 4.53. The summed E-state index contributed by atoms with van der Waals surface area (Å²) in [6.07, 6.45) is 0.529. The highest BCUT2D eigenvalue weighted by molar-refractivity contribution is 5.82. The van der Waals surface area contributed by atoms with Gasteiger partial charge in [0.15, 0.2) is 0 Å². The van der Waals surface area contributed by atoms with Gasteiger partial charge in [0, 0.05) is 6.54 Å². The SMILES string of the molecule is COc1ccc2c(c1)CC(C(=O)NCC(C(=O)O)c1ccccc1)CO2. The molecule has 6 heteroatoms. The number of nitrogens with one attached hydrogen (secondary N) is 1. The quantitative estimate of drug-likeness (QED) is 0.830. The molecule has 0 bridgehead atoms. The molecule has 2 aromatic carbocycles. The minimum absolute atomic E-state index is 0.0413. The fraction of sp³-hybridized carbons (Fsp3) is 0.300. The van der Waals surface area contributed by atoms with Crippen molar-refractivity contribution in [3.05, 3.63) is 59.7 Å². The van der Waals surface area contributed by atoms with E-state index in [0.29, 0.717) is 17.7 Å². The molecule has 2 atom stereocenters. The zero-order valence-corrected chi connectivity index (χ0v) is 14.5. The lowest BCUT2D eigenvalue weighted by molar-refractivity contribution is -0.138. The molecule has 1 heterocycles. The number of hydrogen-bond donors (Lipinski definition) is 2. The summed E-state index contributed by atoms with van der Waals surface area (Å²) in [6, 6.07) is 14.4. The molecule has 0 saturated heterocycles. The summed E-state index contributed by atoms with van der Waals surface area (Å²) in [5.41, 5.74) is 1.57. The van der Waals surface area contributed by atoms with Crippen LogP contribution in [0.3, 0.4) is 0 Å². The summed E-state index contributed by atoms with van der Waals surface area (Å²) < 4.78 is 10.9. The molecule has 1 amide bonds. The van der Waals surface area contributed by atoms with E-state index >= 15 is 0 Å².